The monoisotopic (exact) mass is 267 g/mol. The Bertz CT molecular complexity index is 303. The molecule has 0 aromatic rings. The van der Waals surface area contributed by atoms with Crippen molar-refractivity contribution < 1.29 is 32.1 Å². The maximum atomic E-state index is 12.4. The average Bonchev–Trinajstić information content (AvgIpc) is 2.09. The molecular weight excluding hydrogens is 254 g/mol. The van der Waals surface area contributed by atoms with Crippen molar-refractivity contribution in [1.82, 2.24) is 4.90 Å². The highest BCUT2D eigenvalue weighted by molar-refractivity contribution is 6.51. The zero-order valence-electron chi connectivity index (χ0n) is 10.2. The number of carbonyl (C=O) groups excluding carboxylic acids is 2. The van der Waals surface area contributed by atoms with Gasteiger partial charge in [0, 0.05) is 5.54 Å². The lowest BCUT2D eigenvalue weighted by Gasteiger charge is -2.35. The van der Waals surface area contributed by atoms with Crippen molar-refractivity contribution in [2.75, 3.05) is 13.1 Å². The fraction of sp³-hybridized carbons (Fsp3) is 0.778. The van der Waals surface area contributed by atoms with E-state index in [4.69, 9.17) is 0 Å². The van der Waals surface area contributed by atoms with E-state index >= 15 is 0 Å². The molecule has 102 valence electrons. The molecule has 0 bridgehead atoms. The highest BCUT2D eigenvalue weighted by atomic mass is 19.4. The zero-order chi connectivity index (χ0) is 14.1. The molecule has 0 aromatic heterocycles. The normalized spacial score (nSPS) is 20.0. The first kappa shape index (κ1) is 14.8. The van der Waals surface area contributed by atoms with E-state index < -0.39 is 43.8 Å². The van der Waals surface area contributed by atoms with Crippen molar-refractivity contribution in [3.05, 3.63) is 0 Å². The largest absolute Gasteiger partial charge is 0.713 e. The van der Waals surface area contributed by atoms with Gasteiger partial charge >= 0.3 is 25.1 Å². The minimum Gasteiger partial charge on any atom is -0.492 e. The summed E-state index contributed by atoms with van der Waals surface area (Å²) in [6.45, 7) is 4.36. The average molecular weight is 267 g/mol. The lowest BCUT2D eigenvalue weighted by atomic mass is 9.88. The number of hydrogen-bond donors (Lipinski definition) is 0. The van der Waals surface area contributed by atoms with Crippen molar-refractivity contribution in [2.45, 2.75) is 32.4 Å². The van der Waals surface area contributed by atoms with Crippen LogP contribution in [0.3, 0.4) is 0 Å². The Balaban J connectivity index is 2.85. The van der Waals surface area contributed by atoms with Crippen molar-refractivity contribution in [3.63, 3.8) is 0 Å². The molecule has 0 atom stereocenters. The van der Waals surface area contributed by atoms with E-state index in [2.05, 4.69) is 9.31 Å². The van der Waals surface area contributed by atoms with Gasteiger partial charge in [-0.3, -0.25) is 14.5 Å². The summed E-state index contributed by atoms with van der Waals surface area (Å²) in [6.07, 6.45) is -4.92. The minimum atomic E-state index is -4.92. The highest BCUT2D eigenvalue weighted by Crippen LogP contribution is 2.23. The fourth-order valence-corrected chi connectivity index (χ4v) is 1.31. The van der Waals surface area contributed by atoms with Crippen LogP contribution in [-0.4, -0.2) is 48.7 Å². The molecule has 0 spiro atoms. The Hall–Kier alpha value is -1.25. The number of alkyl halides is 3. The first-order valence-corrected chi connectivity index (χ1v) is 5.21. The Morgan fingerprint density at radius 1 is 1.06 bits per heavy atom. The molecule has 1 aliphatic rings. The predicted octanol–water partition coefficient (Wildman–Crippen LogP) is 0.777. The van der Waals surface area contributed by atoms with Gasteiger partial charge in [-0.2, -0.15) is 13.2 Å². The molecule has 0 radical (unpaired) electrons. The molecule has 0 amide bonds. The summed E-state index contributed by atoms with van der Waals surface area (Å²) >= 11 is 0. The van der Waals surface area contributed by atoms with Crippen LogP contribution in [0.15, 0.2) is 0 Å². The van der Waals surface area contributed by atoms with Gasteiger partial charge in [0.05, 0.1) is 13.1 Å². The fourth-order valence-electron chi connectivity index (χ4n) is 1.31. The van der Waals surface area contributed by atoms with Gasteiger partial charge in [0.15, 0.2) is 0 Å². The molecule has 0 unspecified atom stereocenters. The smallest absolute Gasteiger partial charge is 0.492 e. The van der Waals surface area contributed by atoms with Gasteiger partial charge in [-0.25, -0.2) is 0 Å². The SMILES string of the molecule is CC(C)(C)N1CC(=O)OB(C(F)(F)F)OC(=O)C1. The highest BCUT2D eigenvalue weighted by Gasteiger charge is 2.56. The summed E-state index contributed by atoms with van der Waals surface area (Å²) in [5.74, 6) is -2.17. The maximum absolute atomic E-state index is 12.4. The molecule has 1 fully saturated rings. The Morgan fingerprint density at radius 3 is 1.72 bits per heavy atom. The molecule has 0 aliphatic carbocycles. The Kier molecular flexibility index (Phi) is 3.94. The lowest BCUT2D eigenvalue weighted by molar-refractivity contribution is -0.158. The van der Waals surface area contributed by atoms with Gasteiger partial charge in [-0.15, -0.1) is 0 Å². The predicted molar refractivity (Wildman–Crippen MR) is 55.3 cm³/mol. The van der Waals surface area contributed by atoms with Gasteiger partial charge in [-0.1, -0.05) is 0 Å². The number of hydrogen-bond acceptors (Lipinski definition) is 5. The molecule has 18 heavy (non-hydrogen) atoms. The molecule has 0 N–H and O–H groups in total. The quantitative estimate of drug-likeness (QED) is 0.607. The standard InChI is InChI=1S/C9H13BF3NO4/c1-8(2,3)14-4-6(15)17-10(9(11,12)13)18-7(16)5-14/h4-5H2,1-3H3. The third kappa shape index (κ3) is 3.90. The summed E-state index contributed by atoms with van der Waals surface area (Å²) in [4.78, 5) is 24.0. The van der Waals surface area contributed by atoms with Crippen molar-refractivity contribution >= 4 is 19.1 Å². The Labute approximate surface area is 102 Å². The molecule has 1 saturated heterocycles. The van der Waals surface area contributed by atoms with E-state index in [1.165, 1.54) is 4.90 Å². The third-order valence-electron chi connectivity index (χ3n) is 2.33. The second kappa shape index (κ2) is 4.79. The van der Waals surface area contributed by atoms with Crippen LogP contribution in [0, 0.1) is 0 Å². The third-order valence-corrected chi connectivity index (χ3v) is 2.33. The van der Waals surface area contributed by atoms with E-state index in [1.54, 1.807) is 20.8 Å². The van der Waals surface area contributed by atoms with E-state index in [1.807, 2.05) is 0 Å². The number of rotatable bonds is 0. The van der Waals surface area contributed by atoms with Gasteiger partial charge in [0.25, 0.3) is 0 Å². The van der Waals surface area contributed by atoms with E-state index in [-0.39, 0.29) is 0 Å². The second-order valence-electron chi connectivity index (χ2n) is 4.88. The van der Waals surface area contributed by atoms with Crippen molar-refractivity contribution in [2.24, 2.45) is 0 Å². The number of nitrogens with zero attached hydrogens (tertiary/aromatic N) is 1. The van der Waals surface area contributed by atoms with Gasteiger partial charge in [0.2, 0.25) is 0 Å². The first-order chi connectivity index (χ1) is 8.00. The summed E-state index contributed by atoms with van der Waals surface area (Å²) < 4.78 is 45.3. The minimum absolute atomic E-state index is 0.398. The summed E-state index contributed by atoms with van der Waals surface area (Å²) in [5, 5.41) is 0. The second-order valence-corrected chi connectivity index (χ2v) is 4.88. The molecule has 0 aromatic carbocycles. The summed E-state index contributed by atoms with van der Waals surface area (Å²) in [7, 11) is -2.82. The van der Waals surface area contributed by atoms with Gasteiger partial charge < -0.3 is 9.31 Å². The molecule has 5 nitrogen and oxygen atoms in total. The van der Waals surface area contributed by atoms with E-state index in [9.17, 15) is 22.8 Å². The topological polar surface area (TPSA) is 55.8 Å². The molecular formula is C9H13BF3NO4. The number of halogens is 3. The maximum Gasteiger partial charge on any atom is 0.713 e. The lowest BCUT2D eigenvalue weighted by Crippen LogP contribution is -2.54. The van der Waals surface area contributed by atoms with Crippen LogP contribution in [0.25, 0.3) is 0 Å². The van der Waals surface area contributed by atoms with Crippen LogP contribution in [0.5, 0.6) is 0 Å². The summed E-state index contributed by atoms with van der Waals surface area (Å²) in [5.41, 5.74) is -0.566. The van der Waals surface area contributed by atoms with Crippen molar-refractivity contribution in [3.8, 4) is 0 Å². The van der Waals surface area contributed by atoms with E-state index in [0.29, 0.717) is 0 Å². The van der Waals surface area contributed by atoms with Crippen LogP contribution in [0.4, 0.5) is 13.2 Å². The van der Waals surface area contributed by atoms with Crippen molar-refractivity contribution in [1.29, 1.82) is 0 Å². The summed E-state index contributed by atoms with van der Waals surface area (Å²) in [6, 6.07) is 0. The van der Waals surface area contributed by atoms with Crippen LogP contribution in [0.1, 0.15) is 20.8 Å². The van der Waals surface area contributed by atoms with Crippen LogP contribution >= 0.6 is 0 Å². The molecule has 9 heteroatoms. The Morgan fingerprint density at radius 2 is 1.44 bits per heavy atom. The van der Waals surface area contributed by atoms with Crippen LogP contribution in [-0.2, 0) is 18.9 Å². The zero-order valence-corrected chi connectivity index (χ0v) is 10.2. The van der Waals surface area contributed by atoms with Gasteiger partial charge in [0.1, 0.15) is 0 Å². The van der Waals surface area contributed by atoms with Crippen LogP contribution < -0.4 is 0 Å². The van der Waals surface area contributed by atoms with Crippen LogP contribution in [0.2, 0.25) is 0 Å². The molecule has 1 rings (SSSR count). The molecule has 1 aliphatic heterocycles. The molecule has 0 saturated carbocycles. The van der Waals surface area contributed by atoms with E-state index in [0.717, 1.165) is 0 Å². The van der Waals surface area contributed by atoms with Gasteiger partial charge in [-0.05, 0) is 20.8 Å². The first-order valence-electron chi connectivity index (χ1n) is 5.21. The molecule has 1 heterocycles. The number of carbonyl (C=O) groups is 2.